The summed E-state index contributed by atoms with van der Waals surface area (Å²) in [6.07, 6.45) is 6.63. The normalized spacial score (nSPS) is 14.4. The van der Waals surface area contributed by atoms with Crippen molar-refractivity contribution in [1.29, 1.82) is 5.26 Å². The Morgan fingerprint density at radius 3 is 2.82 bits per heavy atom. The fourth-order valence-corrected chi connectivity index (χ4v) is 5.35. The van der Waals surface area contributed by atoms with Gasteiger partial charge in [-0.15, -0.1) is 11.3 Å². The zero-order valence-corrected chi connectivity index (χ0v) is 22.8. The number of nitrogens with zero attached hydrogens (tertiary/aromatic N) is 6. The molecule has 0 saturated carbocycles. The quantitative estimate of drug-likeness (QED) is 0.318. The molecule has 0 unspecified atom stereocenters. The molecule has 4 rings (SSSR count). The van der Waals surface area contributed by atoms with Gasteiger partial charge in [-0.1, -0.05) is 6.07 Å². The molecule has 0 aliphatic carbocycles. The second-order valence-electron chi connectivity index (χ2n) is 9.79. The van der Waals surface area contributed by atoms with Crippen LogP contribution in [-0.4, -0.2) is 77.5 Å². The minimum Gasteiger partial charge on any atom is -0.397 e. The molecule has 3 aromatic rings. The third-order valence-corrected chi connectivity index (χ3v) is 7.55. The zero-order chi connectivity index (χ0) is 26.9. The molecule has 4 N–H and O–H groups in total. The van der Waals surface area contributed by atoms with Crippen LogP contribution in [0.2, 0.25) is 0 Å². The maximum Gasteiger partial charge on any atom is 0.270 e. The molecule has 0 radical (unpaired) electrons. The summed E-state index contributed by atoms with van der Waals surface area (Å²) in [5.41, 5.74) is 7.73. The van der Waals surface area contributed by atoms with Crippen LogP contribution in [0.25, 0.3) is 10.7 Å². The first-order valence-corrected chi connectivity index (χ1v) is 13.7. The largest absolute Gasteiger partial charge is 0.397 e. The molecule has 0 atom stereocenters. The first-order valence-electron chi connectivity index (χ1n) is 12.9. The minimum absolute atomic E-state index is 0.225. The van der Waals surface area contributed by atoms with Crippen LogP contribution in [0.3, 0.4) is 0 Å². The number of rotatable bonds is 11. The van der Waals surface area contributed by atoms with E-state index in [-0.39, 0.29) is 22.9 Å². The van der Waals surface area contributed by atoms with Gasteiger partial charge in [0.2, 0.25) is 0 Å². The summed E-state index contributed by atoms with van der Waals surface area (Å²) >= 11 is 1.69. The van der Waals surface area contributed by atoms with Crippen LogP contribution < -0.4 is 16.4 Å². The lowest BCUT2D eigenvalue weighted by Crippen LogP contribution is -2.38. The van der Waals surface area contributed by atoms with E-state index in [1.54, 1.807) is 17.5 Å². The summed E-state index contributed by atoms with van der Waals surface area (Å²) in [5, 5.41) is 16.6. The van der Waals surface area contributed by atoms with Crippen molar-refractivity contribution < 1.29 is 4.79 Å². The number of carbonyl (C=O) groups is 1. The van der Waals surface area contributed by atoms with Gasteiger partial charge in [-0.2, -0.15) is 5.26 Å². The Labute approximate surface area is 227 Å². The van der Waals surface area contributed by atoms with Gasteiger partial charge in [0, 0.05) is 36.9 Å². The van der Waals surface area contributed by atoms with Crippen LogP contribution in [0, 0.1) is 17.2 Å². The second kappa shape index (κ2) is 13.3. The average molecular weight is 534 g/mol. The van der Waals surface area contributed by atoms with Gasteiger partial charge in [-0.3, -0.25) is 14.7 Å². The van der Waals surface area contributed by atoms with Gasteiger partial charge in [0.15, 0.2) is 0 Å². The van der Waals surface area contributed by atoms with E-state index in [4.69, 9.17) is 5.73 Å². The SMILES string of the molecule is CN(C)CCCNc1nc(C(=O)NCC2CCN(Cc3cnc(-c4ccccn4)s3)CC2)cc(N)c1C#N. The van der Waals surface area contributed by atoms with Crippen LogP contribution in [-0.2, 0) is 6.54 Å². The molecule has 1 aliphatic rings. The van der Waals surface area contributed by atoms with Crippen molar-refractivity contribution in [1.82, 2.24) is 30.1 Å². The summed E-state index contributed by atoms with van der Waals surface area (Å²) < 4.78 is 0. The third-order valence-electron chi connectivity index (χ3n) is 6.54. The first-order chi connectivity index (χ1) is 18.4. The van der Waals surface area contributed by atoms with Crippen molar-refractivity contribution in [2.24, 2.45) is 5.92 Å². The molecular formula is C27H35N9OS. The van der Waals surface area contributed by atoms with Crippen LogP contribution >= 0.6 is 11.3 Å². The summed E-state index contributed by atoms with van der Waals surface area (Å²) in [6.45, 7) is 4.95. The monoisotopic (exact) mass is 533 g/mol. The summed E-state index contributed by atoms with van der Waals surface area (Å²) in [4.78, 5) is 32.0. The van der Waals surface area contributed by atoms with Crippen molar-refractivity contribution in [2.75, 3.05) is 57.9 Å². The fraction of sp³-hybridized carbons (Fsp3) is 0.444. The second-order valence-corrected chi connectivity index (χ2v) is 10.9. The highest BCUT2D eigenvalue weighted by molar-refractivity contribution is 7.14. The number of pyridine rings is 2. The van der Waals surface area contributed by atoms with Gasteiger partial charge in [0.1, 0.15) is 28.2 Å². The van der Waals surface area contributed by atoms with Crippen molar-refractivity contribution in [3.05, 3.63) is 52.8 Å². The molecule has 0 spiro atoms. The molecule has 1 amide bonds. The van der Waals surface area contributed by atoms with Crippen LogP contribution in [0.4, 0.5) is 11.5 Å². The number of hydrogen-bond acceptors (Lipinski definition) is 10. The smallest absolute Gasteiger partial charge is 0.270 e. The van der Waals surface area contributed by atoms with E-state index in [0.717, 1.165) is 56.1 Å². The molecule has 1 fully saturated rings. The molecule has 11 heteroatoms. The van der Waals surface area contributed by atoms with E-state index in [2.05, 4.69) is 41.5 Å². The molecule has 10 nitrogen and oxygen atoms in total. The number of aromatic nitrogens is 3. The molecule has 4 heterocycles. The Kier molecular flexibility index (Phi) is 9.59. The van der Waals surface area contributed by atoms with Crippen molar-refractivity contribution in [2.45, 2.75) is 25.8 Å². The van der Waals surface area contributed by atoms with Crippen molar-refractivity contribution in [3.8, 4) is 16.8 Å². The Bertz CT molecular complexity index is 1250. The lowest BCUT2D eigenvalue weighted by Gasteiger charge is -2.31. The van der Waals surface area contributed by atoms with Gasteiger partial charge < -0.3 is 21.3 Å². The van der Waals surface area contributed by atoms with Gasteiger partial charge in [0.05, 0.1) is 11.4 Å². The van der Waals surface area contributed by atoms with E-state index in [9.17, 15) is 10.1 Å². The average Bonchev–Trinajstić information content (AvgIpc) is 3.39. The molecule has 200 valence electrons. The summed E-state index contributed by atoms with van der Waals surface area (Å²) in [6, 6.07) is 9.44. The highest BCUT2D eigenvalue weighted by Gasteiger charge is 2.22. The first kappa shape index (κ1) is 27.4. The van der Waals surface area contributed by atoms with Gasteiger partial charge in [0.25, 0.3) is 5.91 Å². The number of thiazole rings is 1. The van der Waals surface area contributed by atoms with Gasteiger partial charge in [-0.05, 0) is 77.1 Å². The Balaban J connectivity index is 1.25. The Morgan fingerprint density at radius 2 is 2.11 bits per heavy atom. The number of carbonyl (C=O) groups excluding carboxylic acids is 1. The van der Waals surface area contributed by atoms with E-state index in [0.29, 0.717) is 24.8 Å². The Morgan fingerprint density at radius 1 is 1.29 bits per heavy atom. The number of anilines is 2. The number of nitrogens with two attached hydrogens (primary N) is 1. The topological polar surface area (TPSA) is 136 Å². The number of piperidine rings is 1. The number of likely N-dealkylation sites (tertiary alicyclic amines) is 1. The highest BCUT2D eigenvalue weighted by Crippen LogP contribution is 2.26. The lowest BCUT2D eigenvalue weighted by atomic mass is 9.96. The van der Waals surface area contributed by atoms with Crippen LogP contribution in [0.5, 0.6) is 0 Å². The van der Waals surface area contributed by atoms with Crippen molar-refractivity contribution >= 4 is 28.7 Å². The minimum atomic E-state index is -0.272. The molecule has 0 aromatic carbocycles. The summed E-state index contributed by atoms with van der Waals surface area (Å²) in [7, 11) is 4.01. The fourth-order valence-electron chi connectivity index (χ4n) is 4.41. The third kappa shape index (κ3) is 7.47. The zero-order valence-electron chi connectivity index (χ0n) is 22.0. The molecule has 3 aromatic heterocycles. The van der Waals surface area contributed by atoms with Crippen LogP contribution in [0.15, 0.2) is 36.7 Å². The van der Waals surface area contributed by atoms with Crippen LogP contribution in [0.1, 0.15) is 40.2 Å². The van der Waals surface area contributed by atoms with Gasteiger partial charge in [-0.25, -0.2) is 9.97 Å². The van der Waals surface area contributed by atoms with E-state index < -0.39 is 0 Å². The lowest BCUT2D eigenvalue weighted by molar-refractivity contribution is 0.0930. The van der Waals surface area contributed by atoms with Crippen molar-refractivity contribution in [3.63, 3.8) is 0 Å². The molecule has 1 saturated heterocycles. The summed E-state index contributed by atoms with van der Waals surface area (Å²) in [5.74, 6) is 0.491. The standard InChI is InChI=1S/C27H35N9OS/c1-35(2)11-5-10-31-25-21(15-28)22(29)14-24(34-25)26(37)32-16-19-7-12-36(13-8-19)18-20-17-33-27(38-20)23-6-3-4-9-30-23/h3-4,6,9,14,17,19H,5,7-8,10-13,16,18H2,1-2H3,(H,32,37)(H3,29,31,34). The number of amides is 1. The van der Waals surface area contributed by atoms with E-state index in [1.165, 1.54) is 10.9 Å². The van der Waals surface area contributed by atoms with E-state index >= 15 is 0 Å². The maximum absolute atomic E-state index is 12.9. The Hall–Kier alpha value is -3.59. The molecule has 1 aliphatic heterocycles. The predicted molar refractivity (Wildman–Crippen MR) is 151 cm³/mol. The van der Waals surface area contributed by atoms with Gasteiger partial charge >= 0.3 is 0 Å². The number of nitrogen functional groups attached to an aromatic ring is 1. The number of nitrogens with one attached hydrogen (secondary N) is 2. The molecular weight excluding hydrogens is 498 g/mol. The molecule has 0 bridgehead atoms. The number of hydrogen-bond donors (Lipinski definition) is 3. The number of nitriles is 1. The highest BCUT2D eigenvalue weighted by atomic mass is 32.1. The molecule has 38 heavy (non-hydrogen) atoms. The maximum atomic E-state index is 12.9. The van der Waals surface area contributed by atoms with E-state index in [1.807, 2.05) is 38.5 Å². The predicted octanol–water partition coefficient (Wildman–Crippen LogP) is 3.06.